The van der Waals surface area contributed by atoms with Crippen molar-refractivity contribution in [2.24, 2.45) is 0 Å². The Morgan fingerprint density at radius 2 is 2.12 bits per heavy atom. The van der Waals surface area contributed by atoms with Gasteiger partial charge in [-0.3, -0.25) is 4.79 Å². The Balaban J connectivity index is 2.22. The third-order valence-corrected chi connectivity index (χ3v) is 3.10. The maximum absolute atomic E-state index is 12.3. The van der Waals surface area contributed by atoms with Crippen molar-refractivity contribution < 1.29 is 4.79 Å². The van der Waals surface area contributed by atoms with E-state index in [0.29, 0.717) is 5.69 Å². The Labute approximate surface area is 102 Å². The summed E-state index contributed by atoms with van der Waals surface area (Å²) in [5.74, 6) is 0.106. The van der Waals surface area contributed by atoms with Crippen LogP contribution >= 0.6 is 0 Å². The average molecular weight is 230 g/mol. The first-order valence-electron chi connectivity index (χ1n) is 5.89. The largest absolute Gasteiger partial charge is 0.399 e. The average Bonchev–Trinajstić information content (AvgIpc) is 2.28. The van der Waals surface area contributed by atoms with Gasteiger partial charge in [0.05, 0.1) is 0 Å². The summed E-state index contributed by atoms with van der Waals surface area (Å²) in [5, 5.41) is 0. The molecule has 1 aliphatic heterocycles. The summed E-state index contributed by atoms with van der Waals surface area (Å²) in [6.45, 7) is 5.54. The maximum Gasteiger partial charge on any atom is 0.254 e. The van der Waals surface area contributed by atoms with Gasteiger partial charge < -0.3 is 10.6 Å². The Morgan fingerprint density at radius 3 is 2.76 bits per heavy atom. The zero-order chi connectivity index (χ0) is 12.4. The molecule has 3 nitrogen and oxygen atoms in total. The van der Waals surface area contributed by atoms with Crippen LogP contribution in [0.2, 0.25) is 0 Å². The minimum absolute atomic E-state index is 0.106. The van der Waals surface area contributed by atoms with E-state index in [1.807, 2.05) is 24.0 Å². The van der Waals surface area contributed by atoms with Crippen molar-refractivity contribution in [3.8, 4) is 0 Å². The molecule has 0 bridgehead atoms. The fourth-order valence-corrected chi connectivity index (χ4v) is 2.18. The number of hydrogen-bond acceptors (Lipinski definition) is 2. The third-order valence-electron chi connectivity index (χ3n) is 3.10. The van der Waals surface area contributed by atoms with Crippen LogP contribution in [0.1, 0.15) is 29.3 Å². The van der Waals surface area contributed by atoms with E-state index in [2.05, 4.69) is 13.0 Å². The lowest BCUT2D eigenvalue weighted by Crippen LogP contribution is -2.35. The lowest BCUT2D eigenvalue weighted by Gasteiger charge is -2.26. The molecule has 0 radical (unpaired) electrons. The van der Waals surface area contributed by atoms with Gasteiger partial charge in [-0.2, -0.15) is 0 Å². The lowest BCUT2D eigenvalue weighted by molar-refractivity contribution is 0.0765. The van der Waals surface area contributed by atoms with Crippen LogP contribution in [-0.4, -0.2) is 23.9 Å². The molecular formula is C14H18N2O. The van der Waals surface area contributed by atoms with Gasteiger partial charge in [0.2, 0.25) is 0 Å². The van der Waals surface area contributed by atoms with Crippen molar-refractivity contribution in [2.75, 3.05) is 18.8 Å². The SMILES string of the molecule is CC1=CCCN(C(=O)c2ccc(N)cc2C)C1. The van der Waals surface area contributed by atoms with Crippen molar-refractivity contribution in [3.05, 3.63) is 41.0 Å². The summed E-state index contributed by atoms with van der Waals surface area (Å²) in [5.41, 5.74) is 9.36. The first-order chi connectivity index (χ1) is 8.08. The topological polar surface area (TPSA) is 46.3 Å². The van der Waals surface area contributed by atoms with E-state index in [1.54, 1.807) is 6.07 Å². The number of nitrogens with zero attached hydrogens (tertiary/aromatic N) is 1. The molecule has 1 amide bonds. The van der Waals surface area contributed by atoms with Crippen LogP contribution in [0.3, 0.4) is 0 Å². The molecule has 0 unspecified atom stereocenters. The van der Waals surface area contributed by atoms with E-state index in [-0.39, 0.29) is 5.91 Å². The van der Waals surface area contributed by atoms with E-state index in [9.17, 15) is 4.79 Å². The maximum atomic E-state index is 12.3. The van der Waals surface area contributed by atoms with Crippen LogP contribution < -0.4 is 5.73 Å². The zero-order valence-electron chi connectivity index (χ0n) is 10.4. The van der Waals surface area contributed by atoms with Gasteiger partial charge >= 0.3 is 0 Å². The molecule has 17 heavy (non-hydrogen) atoms. The predicted molar refractivity (Wildman–Crippen MR) is 69.9 cm³/mol. The molecular weight excluding hydrogens is 212 g/mol. The van der Waals surface area contributed by atoms with E-state index in [0.717, 1.165) is 30.6 Å². The highest BCUT2D eigenvalue weighted by Crippen LogP contribution is 2.17. The van der Waals surface area contributed by atoms with Crippen LogP contribution in [0.15, 0.2) is 29.8 Å². The second-order valence-corrected chi connectivity index (χ2v) is 4.64. The molecule has 0 saturated heterocycles. The van der Waals surface area contributed by atoms with Crippen molar-refractivity contribution in [3.63, 3.8) is 0 Å². The molecule has 2 N–H and O–H groups in total. The fourth-order valence-electron chi connectivity index (χ4n) is 2.18. The fraction of sp³-hybridized carbons (Fsp3) is 0.357. The second kappa shape index (κ2) is 4.62. The minimum Gasteiger partial charge on any atom is -0.399 e. The molecule has 1 heterocycles. The van der Waals surface area contributed by atoms with Crippen LogP contribution in [0.5, 0.6) is 0 Å². The highest BCUT2D eigenvalue weighted by molar-refractivity contribution is 5.96. The smallest absolute Gasteiger partial charge is 0.254 e. The van der Waals surface area contributed by atoms with Crippen LogP contribution in [0.4, 0.5) is 5.69 Å². The minimum atomic E-state index is 0.106. The Morgan fingerprint density at radius 1 is 1.35 bits per heavy atom. The van der Waals surface area contributed by atoms with Gasteiger partial charge in [0.1, 0.15) is 0 Å². The van der Waals surface area contributed by atoms with Gasteiger partial charge in [-0.1, -0.05) is 11.6 Å². The molecule has 0 fully saturated rings. The van der Waals surface area contributed by atoms with Gasteiger partial charge in [-0.15, -0.1) is 0 Å². The Kier molecular flexibility index (Phi) is 3.18. The van der Waals surface area contributed by atoms with Gasteiger partial charge in [0.25, 0.3) is 5.91 Å². The molecule has 2 rings (SSSR count). The normalized spacial score (nSPS) is 15.6. The zero-order valence-corrected chi connectivity index (χ0v) is 10.4. The number of rotatable bonds is 1. The van der Waals surface area contributed by atoms with Crippen LogP contribution in [0, 0.1) is 6.92 Å². The molecule has 0 aromatic heterocycles. The summed E-state index contributed by atoms with van der Waals surface area (Å²) in [4.78, 5) is 14.2. The first-order valence-corrected chi connectivity index (χ1v) is 5.89. The molecule has 1 aromatic rings. The van der Waals surface area contributed by atoms with Crippen LogP contribution in [0.25, 0.3) is 0 Å². The molecule has 1 aliphatic rings. The van der Waals surface area contributed by atoms with Crippen LogP contribution in [-0.2, 0) is 0 Å². The summed E-state index contributed by atoms with van der Waals surface area (Å²) < 4.78 is 0. The molecule has 0 atom stereocenters. The number of benzene rings is 1. The summed E-state index contributed by atoms with van der Waals surface area (Å²) in [6, 6.07) is 5.45. The molecule has 90 valence electrons. The quantitative estimate of drug-likeness (QED) is 0.594. The van der Waals surface area contributed by atoms with E-state index >= 15 is 0 Å². The van der Waals surface area contributed by atoms with E-state index in [1.165, 1.54) is 5.57 Å². The summed E-state index contributed by atoms with van der Waals surface area (Å²) in [6.07, 6.45) is 3.14. The number of nitrogen functional groups attached to an aromatic ring is 1. The van der Waals surface area contributed by atoms with E-state index < -0.39 is 0 Å². The van der Waals surface area contributed by atoms with Crippen molar-refractivity contribution >= 4 is 11.6 Å². The second-order valence-electron chi connectivity index (χ2n) is 4.64. The third kappa shape index (κ3) is 2.49. The Hall–Kier alpha value is -1.77. The monoisotopic (exact) mass is 230 g/mol. The van der Waals surface area contributed by atoms with Crippen molar-refractivity contribution in [1.82, 2.24) is 4.90 Å². The van der Waals surface area contributed by atoms with Gasteiger partial charge in [0, 0.05) is 24.3 Å². The number of amides is 1. The van der Waals surface area contributed by atoms with E-state index in [4.69, 9.17) is 5.73 Å². The number of carbonyl (C=O) groups is 1. The first kappa shape index (κ1) is 11.7. The van der Waals surface area contributed by atoms with Gasteiger partial charge in [-0.05, 0) is 44.0 Å². The van der Waals surface area contributed by atoms with Gasteiger partial charge in [-0.25, -0.2) is 0 Å². The number of anilines is 1. The molecule has 1 aromatic carbocycles. The molecule has 0 aliphatic carbocycles. The predicted octanol–water partition coefficient (Wildman–Crippen LogP) is 2.37. The number of carbonyl (C=O) groups excluding carboxylic acids is 1. The lowest BCUT2D eigenvalue weighted by atomic mass is 10.0. The number of nitrogens with two attached hydrogens (primary N) is 1. The van der Waals surface area contributed by atoms with Crippen molar-refractivity contribution in [2.45, 2.75) is 20.3 Å². The van der Waals surface area contributed by atoms with Crippen molar-refractivity contribution in [1.29, 1.82) is 0 Å². The Bertz CT molecular complexity index is 477. The highest BCUT2D eigenvalue weighted by Gasteiger charge is 2.19. The van der Waals surface area contributed by atoms with Gasteiger partial charge in [0.15, 0.2) is 0 Å². The summed E-state index contributed by atoms with van der Waals surface area (Å²) in [7, 11) is 0. The highest BCUT2D eigenvalue weighted by atomic mass is 16.2. The molecule has 0 saturated carbocycles. The standard InChI is InChI=1S/C14H18N2O/c1-10-4-3-7-16(9-10)14(17)13-6-5-12(15)8-11(13)2/h4-6,8H,3,7,9,15H2,1-2H3. The number of hydrogen-bond donors (Lipinski definition) is 1. The molecule has 3 heteroatoms. The summed E-state index contributed by atoms with van der Waals surface area (Å²) >= 11 is 0. The molecule has 0 spiro atoms. The number of aryl methyl sites for hydroxylation is 1.